The number of nitrogens with zero attached hydrogens (tertiary/aromatic N) is 1. The van der Waals surface area contributed by atoms with E-state index < -0.39 is 0 Å². The first kappa shape index (κ1) is 12.7. The van der Waals surface area contributed by atoms with E-state index in [0.29, 0.717) is 16.0 Å². The average Bonchev–Trinajstić information content (AvgIpc) is 2.19. The second kappa shape index (κ2) is 5.65. The maximum atomic E-state index is 8.95. The topological polar surface area (TPSA) is 23.8 Å². The third kappa shape index (κ3) is 3.61. The molecule has 0 saturated heterocycles. The molecule has 0 aromatic heterocycles. The standard InChI is InChI=1S/C11H11Cl2NS/c1-7(2)11(6-14)15-8-3-4-9(12)10(13)5-8/h3-5,7,11H,1-2H3. The molecule has 0 amide bonds. The summed E-state index contributed by atoms with van der Waals surface area (Å²) in [5.74, 6) is 0.314. The number of benzene rings is 1. The molecular weight excluding hydrogens is 249 g/mol. The minimum absolute atomic E-state index is 0.0535. The van der Waals surface area contributed by atoms with Gasteiger partial charge in [-0.1, -0.05) is 37.0 Å². The summed E-state index contributed by atoms with van der Waals surface area (Å²) in [6.07, 6.45) is 0. The van der Waals surface area contributed by atoms with Crippen LogP contribution in [-0.4, -0.2) is 5.25 Å². The van der Waals surface area contributed by atoms with E-state index in [0.717, 1.165) is 4.90 Å². The van der Waals surface area contributed by atoms with Crippen molar-refractivity contribution in [1.29, 1.82) is 5.26 Å². The minimum Gasteiger partial charge on any atom is -0.197 e. The highest BCUT2D eigenvalue weighted by Gasteiger charge is 2.14. The van der Waals surface area contributed by atoms with Crippen LogP contribution < -0.4 is 0 Å². The molecule has 0 N–H and O–H groups in total. The molecule has 0 aliphatic rings. The van der Waals surface area contributed by atoms with E-state index in [1.807, 2.05) is 19.9 Å². The molecule has 0 radical (unpaired) electrons. The smallest absolute Gasteiger partial charge is 0.0986 e. The van der Waals surface area contributed by atoms with Crippen LogP contribution in [0.2, 0.25) is 10.0 Å². The molecule has 15 heavy (non-hydrogen) atoms. The summed E-state index contributed by atoms with van der Waals surface area (Å²) in [5, 5.41) is 9.97. The highest BCUT2D eigenvalue weighted by molar-refractivity contribution is 8.00. The van der Waals surface area contributed by atoms with Crippen LogP contribution in [-0.2, 0) is 0 Å². The van der Waals surface area contributed by atoms with Crippen molar-refractivity contribution in [3.05, 3.63) is 28.2 Å². The van der Waals surface area contributed by atoms with E-state index in [1.54, 1.807) is 12.1 Å². The second-order valence-electron chi connectivity index (χ2n) is 3.49. The fraction of sp³-hybridized carbons (Fsp3) is 0.364. The Kier molecular flexibility index (Phi) is 4.79. The van der Waals surface area contributed by atoms with Gasteiger partial charge >= 0.3 is 0 Å². The summed E-state index contributed by atoms with van der Waals surface area (Å²) in [4.78, 5) is 0.977. The number of nitriles is 1. The Morgan fingerprint density at radius 3 is 2.40 bits per heavy atom. The molecule has 4 heteroatoms. The lowest BCUT2D eigenvalue weighted by Crippen LogP contribution is -2.07. The Labute approximate surface area is 104 Å². The molecule has 0 bridgehead atoms. The lowest BCUT2D eigenvalue weighted by atomic mass is 10.1. The Morgan fingerprint density at radius 1 is 1.27 bits per heavy atom. The van der Waals surface area contributed by atoms with Crippen molar-refractivity contribution < 1.29 is 0 Å². The number of halogens is 2. The summed E-state index contributed by atoms with van der Waals surface area (Å²) < 4.78 is 0. The maximum Gasteiger partial charge on any atom is 0.0986 e. The fourth-order valence-electron chi connectivity index (χ4n) is 1.01. The number of thioether (sulfide) groups is 1. The molecule has 1 rings (SSSR count). The van der Waals surface area contributed by atoms with Gasteiger partial charge in [-0.15, -0.1) is 11.8 Å². The number of rotatable bonds is 3. The molecule has 80 valence electrons. The van der Waals surface area contributed by atoms with Gasteiger partial charge in [0.15, 0.2) is 0 Å². The van der Waals surface area contributed by atoms with Gasteiger partial charge in [-0.3, -0.25) is 0 Å². The van der Waals surface area contributed by atoms with Crippen molar-refractivity contribution >= 4 is 35.0 Å². The fourth-order valence-corrected chi connectivity index (χ4v) is 2.32. The minimum atomic E-state index is -0.0535. The SMILES string of the molecule is CC(C)C(C#N)Sc1ccc(Cl)c(Cl)c1. The average molecular weight is 260 g/mol. The van der Waals surface area contributed by atoms with Gasteiger partial charge in [0.2, 0.25) is 0 Å². The molecule has 1 aromatic carbocycles. The Morgan fingerprint density at radius 2 is 1.93 bits per heavy atom. The zero-order chi connectivity index (χ0) is 11.4. The van der Waals surface area contributed by atoms with E-state index >= 15 is 0 Å². The Hall–Kier alpha value is -0.360. The third-order valence-corrected chi connectivity index (χ3v) is 4.06. The van der Waals surface area contributed by atoms with Crippen molar-refractivity contribution in [3.8, 4) is 6.07 Å². The molecule has 0 spiro atoms. The molecule has 0 heterocycles. The molecular formula is C11H11Cl2NS. The Balaban J connectivity index is 2.81. The van der Waals surface area contributed by atoms with Crippen LogP contribution in [0.3, 0.4) is 0 Å². The summed E-state index contributed by atoms with van der Waals surface area (Å²) in [5.41, 5.74) is 0. The quantitative estimate of drug-likeness (QED) is 0.739. The van der Waals surface area contributed by atoms with E-state index in [1.165, 1.54) is 11.8 Å². The largest absolute Gasteiger partial charge is 0.197 e. The molecule has 0 aliphatic heterocycles. The first-order valence-electron chi connectivity index (χ1n) is 4.56. The first-order valence-corrected chi connectivity index (χ1v) is 6.19. The third-order valence-electron chi connectivity index (χ3n) is 1.89. The molecule has 0 fully saturated rings. The van der Waals surface area contributed by atoms with Crippen molar-refractivity contribution in [2.24, 2.45) is 5.92 Å². The van der Waals surface area contributed by atoms with Crippen LogP contribution in [0.15, 0.2) is 23.1 Å². The lowest BCUT2D eigenvalue weighted by molar-refractivity contribution is 0.685. The van der Waals surface area contributed by atoms with Crippen molar-refractivity contribution in [1.82, 2.24) is 0 Å². The summed E-state index contributed by atoms with van der Waals surface area (Å²) in [7, 11) is 0. The summed E-state index contributed by atoms with van der Waals surface area (Å²) >= 11 is 13.2. The van der Waals surface area contributed by atoms with Gasteiger partial charge in [0.1, 0.15) is 0 Å². The van der Waals surface area contributed by atoms with Gasteiger partial charge in [0, 0.05) is 4.90 Å². The molecule has 1 unspecified atom stereocenters. The predicted octanol–water partition coefficient (Wildman–Crippen LogP) is 4.63. The van der Waals surface area contributed by atoms with Gasteiger partial charge in [0.25, 0.3) is 0 Å². The van der Waals surface area contributed by atoms with Gasteiger partial charge in [-0.25, -0.2) is 0 Å². The van der Waals surface area contributed by atoms with E-state index in [4.69, 9.17) is 28.5 Å². The highest BCUT2D eigenvalue weighted by Crippen LogP contribution is 2.32. The van der Waals surface area contributed by atoms with Gasteiger partial charge in [-0.05, 0) is 24.1 Å². The van der Waals surface area contributed by atoms with Crippen LogP contribution in [0.4, 0.5) is 0 Å². The van der Waals surface area contributed by atoms with Gasteiger partial charge in [-0.2, -0.15) is 5.26 Å². The molecule has 1 nitrogen and oxygen atoms in total. The summed E-state index contributed by atoms with van der Waals surface area (Å²) in [6.45, 7) is 4.05. The number of hydrogen-bond acceptors (Lipinski definition) is 2. The first-order chi connectivity index (χ1) is 7.04. The lowest BCUT2D eigenvalue weighted by Gasteiger charge is -2.12. The van der Waals surface area contributed by atoms with E-state index in [9.17, 15) is 0 Å². The van der Waals surface area contributed by atoms with Crippen LogP contribution in [0.5, 0.6) is 0 Å². The molecule has 0 aliphatic carbocycles. The highest BCUT2D eigenvalue weighted by atomic mass is 35.5. The van der Waals surface area contributed by atoms with Crippen molar-refractivity contribution in [2.45, 2.75) is 24.0 Å². The molecule has 1 atom stereocenters. The van der Waals surface area contributed by atoms with E-state index in [2.05, 4.69) is 6.07 Å². The van der Waals surface area contributed by atoms with Gasteiger partial charge in [0.05, 0.1) is 21.4 Å². The Bertz CT molecular complexity index is 385. The monoisotopic (exact) mass is 259 g/mol. The van der Waals surface area contributed by atoms with Crippen molar-refractivity contribution in [2.75, 3.05) is 0 Å². The van der Waals surface area contributed by atoms with Crippen LogP contribution in [0, 0.1) is 17.2 Å². The van der Waals surface area contributed by atoms with Crippen LogP contribution in [0.25, 0.3) is 0 Å². The van der Waals surface area contributed by atoms with Crippen molar-refractivity contribution in [3.63, 3.8) is 0 Å². The molecule has 0 saturated carbocycles. The van der Waals surface area contributed by atoms with E-state index in [-0.39, 0.29) is 5.25 Å². The molecule has 1 aromatic rings. The second-order valence-corrected chi connectivity index (χ2v) is 5.52. The maximum absolute atomic E-state index is 8.95. The zero-order valence-electron chi connectivity index (χ0n) is 8.50. The predicted molar refractivity (Wildman–Crippen MR) is 66.6 cm³/mol. The van der Waals surface area contributed by atoms with Gasteiger partial charge < -0.3 is 0 Å². The normalized spacial score (nSPS) is 12.5. The van der Waals surface area contributed by atoms with Crippen LogP contribution >= 0.6 is 35.0 Å². The zero-order valence-corrected chi connectivity index (χ0v) is 10.8. The summed E-state index contributed by atoms with van der Waals surface area (Å²) in [6, 6.07) is 7.70. The number of hydrogen-bond donors (Lipinski definition) is 0. The van der Waals surface area contributed by atoms with Crippen LogP contribution in [0.1, 0.15) is 13.8 Å².